The fraction of sp³-hybridized carbons (Fsp3) is 0.208. The van der Waals surface area contributed by atoms with Gasteiger partial charge in [0.05, 0.1) is 11.3 Å². The van der Waals surface area contributed by atoms with Crippen molar-refractivity contribution in [3.05, 3.63) is 89.5 Å². The minimum Gasteiger partial charge on any atom is -0.507 e. The fourth-order valence-electron chi connectivity index (χ4n) is 3.75. The normalized spacial score (nSPS) is 14.1. The van der Waals surface area contributed by atoms with E-state index in [1.54, 1.807) is 29.2 Å². The van der Waals surface area contributed by atoms with E-state index in [1.165, 1.54) is 0 Å². The summed E-state index contributed by atoms with van der Waals surface area (Å²) >= 11 is 0. The highest BCUT2D eigenvalue weighted by Gasteiger charge is 2.25. The summed E-state index contributed by atoms with van der Waals surface area (Å²) in [5, 5.41) is 20.3. The molecule has 148 valence electrons. The van der Waals surface area contributed by atoms with Crippen LogP contribution in [0.5, 0.6) is 11.5 Å². The molecule has 0 spiro atoms. The molecule has 1 aliphatic rings. The molecule has 2 N–H and O–H groups in total. The van der Waals surface area contributed by atoms with Crippen LogP contribution in [-0.2, 0) is 6.42 Å². The van der Waals surface area contributed by atoms with Crippen LogP contribution in [0, 0.1) is 0 Å². The molecule has 0 aromatic heterocycles. The minimum atomic E-state index is -0.158. The van der Waals surface area contributed by atoms with E-state index in [0.717, 1.165) is 16.8 Å². The first-order valence-electron chi connectivity index (χ1n) is 9.80. The lowest BCUT2D eigenvalue weighted by Crippen LogP contribution is -2.48. The monoisotopic (exact) mass is 388 g/mol. The predicted octanol–water partition coefficient (Wildman–Crippen LogP) is 3.65. The van der Waals surface area contributed by atoms with Gasteiger partial charge in [-0.25, -0.2) is 0 Å². The Hall–Kier alpha value is -3.47. The molecule has 3 aromatic carbocycles. The van der Waals surface area contributed by atoms with Gasteiger partial charge in [0, 0.05) is 26.2 Å². The standard InChI is InChI=1S/C24H24N2O3/c27-22-11-10-19(16-18-6-2-1-3-7-18)17-20(22)24(29)26-14-12-25(13-15-26)21-8-4-5-9-23(21)28/h1-11,17,27-28H,12-16H2. The van der Waals surface area contributed by atoms with Crippen molar-refractivity contribution in [2.24, 2.45) is 0 Å². The lowest BCUT2D eigenvalue weighted by molar-refractivity contribution is 0.0743. The molecule has 0 radical (unpaired) electrons. The zero-order chi connectivity index (χ0) is 20.2. The average Bonchev–Trinajstić information content (AvgIpc) is 2.76. The van der Waals surface area contributed by atoms with Crippen LogP contribution in [0.15, 0.2) is 72.8 Å². The van der Waals surface area contributed by atoms with Gasteiger partial charge in [-0.1, -0.05) is 48.5 Å². The Morgan fingerprint density at radius 3 is 2.17 bits per heavy atom. The van der Waals surface area contributed by atoms with E-state index >= 15 is 0 Å². The maximum absolute atomic E-state index is 13.0. The van der Waals surface area contributed by atoms with Gasteiger partial charge >= 0.3 is 0 Å². The summed E-state index contributed by atoms with van der Waals surface area (Å²) < 4.78 is 0. The van der Waals surface area contributed by atoms with E-state index in [-0.39, 0.29) is 17.4 Å². The van der Waals surface area contributed by atoms with Crippen LogP contribution in [0.3, 0.4) is 0 Å². The van der Waals surface area contributed by atoms with Gasteiger partial charge in [0.15, 0.2) is 0 Å². The van der Waals surface area contributed by atoms with Gasteiger partial charge in [-0.05, 0) is 41.8 Å². The van der Waals surface area contributed by atoms with Gasteiger partial charge in [-0.2, -0.15) is 0 Å². The molecule has 0 atom stereocenters. The zero-order valence-electron chi connectivity index (χ0n) is 16.2. The topological polar surface area (TPSA) is 64.0 Å². The maximum Gasteiger partial charge on any atom is 0.257 e. The van der Waals surface area contributed by atoms with Crippen molar-refractivity contribution in [3.8, 4) is 11.5 Å². The van der Waals surface area contributed by atoms with Crippen LogP contribution < -0.4 is 4.90 Å². The molecule has 1 amide bonds. The minimum absolute atomic E-state index is 0.00921. The molecule has 0 unspecified atom stereocenters. The van der Waals surface area contributed by atoms with Crippen LogP contribution in [0.2, 0.25) is 0 Å². The summed E-state index contributed by atoms with van der Waals surface area (Å²) in [6.07, 6.45) is 0.711. The molecular weight excluding hydrogens is 364 g/mol. The second-order valence-electron chi connectivity index (χ2n) is 7.28. The molecule has 4 rings (SSSR count). The number of phenolic OH excluding ortho intramolecular Hbond substituents is 2. The third-order valence-electron chi connectivity index (χ3n) is 5.33. The number of anilines is 1. The highest BCUT2D eigenvalue weighted by atomic mass is 16.3. The molecule has 1 fully saturated rings. The summed E-state index contributed by atoms with van der Waals surface area (Å²) in [4.78, 5) is 16.9. The zero-order valence-corrected chi connectivity index (χ0v) is 16.2. The predicted molar refractivity (Wildman–Crippen MR) is 114 cm³/mol. The molecule has 29 heavy (non-hydrogen) atoms. The highest BCUT2D eigenvalue weighted by molar-refractivity contribution is 5.97. The van der Waals surface area contributed by atoms with Crippen molar-refractivity contribution < 1.29 is 15.0 Å². The second kappa shape index (κ2) is 8.27. The van der Waals surface area contributed by atoms with Crippen molar-refractivity contribution >= 4 is 11.6 Å². The summed E-state index contributed by atoms with van der Waals surface area (Å²) in [5.41, 5.74) is 3.28. The smallest absolute Gasteiger partial charge is 0.257 e. The van der Waals surface area contributed by atoms with Crippen LogP contribution >= 0.6 is 0 Å². The lowest BCUT2D eigenvalue weighted by Gasteiger charge is -2.36. The summed E-state index contributed by atoms with van der Waals surface area (Å²) in [6.45, 7) is 2.34. The lowest BCUT2D eigenvalue weighted by atomic mass is 10.0. The number of rotatable bonds is 4. The largest absolute Gasteiger partial charge is 0.507 e. The molecule has 1 saturated heterocycles. The number of carbonyl (C=O) groups is 1. The molecule has 1 heterocycles. The van der Waals surface area contributed by atoms with Gasteiger partial charge in [0.1, 0.15) is 11.5 Å². The highest BCUT2D eigenvalue weighted by Crippen LogP contribution is 2.28. The van der Waals surface area contributed by atoms with E-state index < -0.39 is 0 Å². The Balaban J connectivity index is 1.46. The number of hydrogen-bond donors (Lipinski definition) is 2. The molecule has 5 heteroatoms. The van der Waals surface area contributed by atoms with Crippen molar-refractivity contribution in [1.29, 1.82) is 0 Å². The Morgan fingerprint density at radius 2 is 1.45 bits per heavy atom. The summed E-state index contributed by atoms with van der Waals surface area (Å²) in [6, 6.07) is 22.5. The van der Waals surface area contributed by atoms with Crippen molar-refractivity contribution in [2.75, 3.05) is 31.1 Å². The number of piperazine rings is 1. The first-order valence-corrected chi connectivity index (χ1v) is 9.80. The molecule has 0 saturated carbocycles. The van der Waals surface area contributed by atoms with E-state index in [9.17, 15) is 15.0 Å². The van der Waals surface area contributed by atoms with Gasteiger partial charge in [-0.15, -0.1) is 0 Å². The van der Waals surface area contributed by atoms with Crippen molar-refractivity contribution in [3.63, 3.8) is 0 Å². The molecule has 1 aliphatic heterocycles. The number of phenols is 2. The Labute approximate surface area is 170 Å². The third kappa shape index (κ3) is 4.19. The molecule has 3 aromatic rings. The van der Waals surface area contributed by atoms with Gasteiger partial charge in [-0.3, -0.25) is 4.79 Å². The quantitative estimate of drug-likeness (QED) is 0.716. The van der Waals surface area contributed by atoms with E-state index in [1.807, 2.05) is 48.5 Å². The molecule has 0 aliphatic carbocycles. The maximum atomic E-state index is 13.0. The molecule has 5 nitrogen and oxygen atoms in total. The first kappa shape index (κ1) is 18.9. The Morgan fingerprint density at radius 1 is 0.759 bits per heavy atom. The van der Waals surface area contributed by atoms with E-state index in [4.69, 9.17) is 0 Å². The third-order valence-corrected chi connectivity index (χ3v) is 5.33. The molecular formula is C24H24N2O3. The van der Waals surface area contributed by atoms with Gasteiger partial charge in [0.2, 0.25) is 0 Å². The van der Waals surface area contributed by atoms with Gasteiger partial charge < -0.3 is 20.0 Å². The molecule has 0 bridgehead atoms. The Kier molecular flexibility index (Phi) is 5.38. The number of aromatic hydroxyl groups is 2. The Bertz CT molecular complexity index is 996. The summed E-state index contributed by atoms with van der Waals surface area (Å²) in [7, 11) is 0. The van der Waals surface area contributed by atoms with Crippen molar-refractivity contribution in [1.82, 2.24) is 4.90 Å². The van der Waals surface area contributed by atoms with Crippen molar-refractivity contribution in [2.45, 2.75) is 6.42 Å². The number of para-hydroxylation sites is 2. The van der Waals surface area contributed by atoms with E-state index in [2.05, 4.69) is 4.90 Å². The van der Waals surface area contributed by atoms with Crippen LogP contribution in [-0.4, -0.2) is 47.2 Å². The van der Waals surface area contributed by atoms with Crippen LogP contribution in [0.25, 0.3) is 0 Å². The summed E-state index contributed by atoms with van der Waals surface area (Å²) in [5.74, 6) is 0.0998. The second-order valence-corrected chi connectivity index (χ2v) is 7.28. The first-order chi connectivity index (χ1) is 14.1. The SMILES string of the molecule is O=C(c1cc(Cc2ccccc2)ccc1O)N1CCN(c2ccccc2O)CC1. The number of hydrogen-bond acceptors (Lipinski definition) is 4. The van der Waals surface area contributed by atoms with Gasteiger partial charge in [0.25, 0.3) is 5.91 Å². The van der Waals surface area contributed by atoms with Crippen LogP contribution in [0.4, 0.5) is 5.69 Å². The number of carbonyl (C=O) groups excluding carboxylic acids is 1. The number of benzene rings is 3. The van der Waals surface area contributed by atoms with Crippen LogP contribution in [0.1, 0.15) is 21.5 Å². The number of nitrogens with zero attached hydrogens (tertiary/aromatic N) is 2. The number of amides is 1. The van der Waals surface area contributed by atoms with E-state index in [0.29, 0.717) is 38.2 Å². The average molecular weight is 388 g/mol. The fourth-order valence-corrected chi connectivity index (χ4v) is 3.75.